The number of hydrogen-bond acceptors (Lipinski definition) is 4. The molecule has 3 atom stereocenters. The Bertz CT molecular complexity index is 469. The predicted molar refractivity (Wildman–Crippen MR) is 96.8 cm³/mol. The molecule has 3 unspecified atom stereocenters. The molecule has 2 amide bonds. The lowest BCUT2D eigenvalue weighted by Gasteiger charge is -2.26. The van der Waals surface area contributed by atoms with Gasteiger partial charge in [0.15, 0.2) is 5.96 Å². The molecule has 0 aromatic carbocycles. The molecule has 3 saturated heterocycles. The Hall–Kier alpha value is -0.900. The highest BCUT2D eigenvalue weighted by Gasteiger charge is 2.41. The number of nitrogens with one attached hydrogen (secondary N) is 2. The maximum atomic E-state index is 11.7. The first kappa shape index (κ1) is 18.4. The molecular weight excluding hydrogens is 411 g/mol. The molecule has 3 heterocycles. The van der Waals surface area contributed by atoms with Gasteiger partial charge in [-0.2, -0.15) is 0 Å². The van der Waals surface area contributed by atoms with Crippen molar-refractivity contribution in [2.24, 2.45) is 4.99 Å². The van der Waals surface area contributed by atoms with Gasteiger partial charge < -0.3 is 15.4 Å². The summed E-state index contributed by atoms with van der Waals surface area (Å²) in [6.45, 7) is 0.907. The maximum Gasteiger partial charge on any atom is 0.229 e. The first-order valence-corrected chi connectivity index (χ1v) is 8.13. The van der Waals surface area contributed by atoms with E-state index in [1.54, 1.807) is 7.05 Å². The Kier molecular flexibility index (Phi) is 6.63. The molecule has 0 saturated carbocycles. The number of hydrogen-bond donors (Lipinski definition) is 2. The highest BCUT2D eigenvalue weighted by Crippen LogP contribution is 2.34. The van der Waals surface area contributed by atoms with Crippen molar-refractivity contribution >= 4 is 41.8 Å². The summed E-state index contributed by atoms with van der Waals surface area (Å²) >= 11 is 0. The van der Waals surface area contributed by atoms with Crippen LogP contribution in [0.4, 0.5) is 0 Å². The Balaban J connectivity index is 0.00000192. The van der Waals surface area contributed by atoms with E-state index in [0.717, 1.165) is 19.3 Å². The standard InChI is InChI=1S/C15H24N4O3.HI/c1-16-15(18-11-9-10-5-6-12(11)22-10)17-7-8-19-13(20)3-2-4-14(19)21;/h10-12H,2-9H2,1H3,(H2,16,17,18);1H. The highest BCUT2D eigenvalue weighted by atomic mass is 127. The van der Waals surface area contributed by atoms with Crippen molar-refractivity contribution < 1.29 is 14.3 Å². The van der Waals surface area contributed by atoms with Crippen LogP contribution in [0.15, 0.2) is 4.99 Å². The van der Waals surface area contributed by atoms with Crippen molar-refractivity contribution in [2.45, 2.75) is 56.8 Å². The van der Waals surface area contributed by atoms with Gasteiger partial charge in [-0.25, -0.2) is 0 Å². The zero-order valence-corrected chi connectivity index (χ0v) is 15.7. The number of guanidine groups is 1. The average molecular weight is 436 g/mol. The summed E-state index contributed by atoms with van der Waals surface area (Å²) in [5, 5.41) is 6.56. The van der Waals surface area contributed by atoms with E-state index in [2.05, 4.69) is 15.6 Å². The number of piperidine rings is 1. The minimum absolute atomic E-state index is 0. The summed E-state index contributed by atoms with van der Waals surface area (Å²) in [6, 6.07) is 0.309. The van der Waals surface area contributed by atoms with Gasteiger partial charge in [-0.05, 0) is 25.7 Å². The molecule has 3 rings (SSSR count). The molecule has 2 N–H and O–H groups in total. The lowest BCUT2D eigenvalue weighted by molar-refractivity contribution is -0.147. The van der Waals surface area contributed by atoms with Gasteiger partial charge in [0.25, 0.3) is 0 Å². The van der Waals surface area contributed by atoms with Crippen LogP contribution >= 0.6 is 24.0 Å². The number of likely N-dealkylation sites (tertiary alicyclic amines) is 1. The molecule has 2 bridgehead atoms. The fourth-order valence-electron chi connectivity index (χ4n) is 3.50. The smallest absolute Gasteiger partial charge is 0.229 e. The first-order chi connectivity index (χ1) is 10.7. The zero-order chi connectivity index (χ0) is 15.5. The van der Waals surface area contributed by atoms with Gasteiger partial charge in [0, 0.05) is 33.0 Å². The van der Waals surface area contributed by atoms with Gasteiger partial charge in [0.05, 0.1) is 18.2 Å². The van der Waals surface area contributed by atoms with Gasteiger partial charge in [0.1, 0.15) is 0 Å². The highest BCUT2D eigenvalue weighted by molar-refractivity contribution is 14.0. The number of carbonyl (C=O) groups is 2. The van der Waals surface area contributed by atoms with Crippen LogP contribution in [0.1, 0.15) is 38.5 Å². The van der Waals surface area contributed by atoms with Crippen molar-refractivity contribution in [2.75, 3.05) is 20.1 Å². The number of aliphatic imine (C=N–C) groups is 1. The molecular formula is C15H25IN4O3. The summed E-state index contributed by atoms with van der Waals surface area (Å²) in [5.74, 6) is 0.572. The van der Waals surface area contributed by atoms with Crippen molar-refractivity contribution in [3.05, 3.63) is 0 Å². The molecule has 130 valence electrons. The van der Waals surface area contributed by atoms with E-state index >= 15 is 0 Å². The van der Waals surface area contributed by atoms with E-state index in [9.17, 15) is 9.59 Å². The number of amides is 2. The first-order valence-electron chi connectivity index (χ1n) is 8.13. The average Bonchev–Trinajstić information content (AvgIpc) is 3.11. The van der Waals surface area contributed by atoms with Gasteiger partial charge in [-0.1, -0.05) is 0 Å². The number of halogens is 1. The second kappa shape index (κ2) is 8.27. The van der Waals surface area contributed by atoms with Crippen LogP contribution in [-0.2, 0) is 14.3 Å². The number of imide groups is 1. The molecule has 3 aliphatic rings. The fraction of sp³-hybridized carbons (Fsp3) is 0.800. The van der Waals surface area contributed by atoms with Crippen LogP contribution in [0.25, 0.3) is 0 Å². The number of ether oxygens (including phenoxy) is 1. The molecule has 7 nitrogen and oxygen atoms in total. The quantitative estimate of drug-likeness (QED) is 0.293. The monoisotopic (exact) mass is 436 g/mol. The molecule has 23 heavy (non-hydrogen) atoms. The molecule has 0 aromatic heterocycles. The number of fused-ring (bicyclic) bond motifs is 2. The maximum absolute atomic E-state index is 11.7. The van der Waals surface area contributed by atoms with E-state index in [1.807, 2.05) is 0 Å². The Labute approximate surface area is 153 Å². The van der Waals surface area contributed by atoms with Crippen molar-refractivity contribution in [3.63, 3.8) is 0 Å². The Morgan fingerprint density at radius 3 is 2.61 bits per heavy atom. The second-order valence-corrected chi connectivity index (χ2v) is 6.15. The van der Waals surface area contributed by atoms with Crippen LogP contribution < -0.4 is 10.6 Å². The third kappa shape index (κ3) is 4.34. The topological polar surface area (TPSA) is 83.0 Å². The molecule has 0 spiro atoms. The van der Waals surface area contributed by atoms with Gasteiger partial charge >= 0.3 is 0 Å². The molecule has 0 aliphatic carbocycles. The summed E-state index contributed by atoms with van der Waals surface area (Å²) in [7, 11) is 1.72. The Morgan fingerprint density at radius 2 is 2.04 bits per heavy atom. The van der Waals surface area contributed by atoms with Crippen LogP contribution in [0.3, 0.4) is 0 Å². The fourth-order valence-corrected chi connectivity index (χ4v) is 3.50. The van der Waals surface area contributed by atoms with Crippen LogP contribution in [0.2, 0.25) is 0 Å². The van der Waals surface area contributed by atoms with Crippen molar-refractivity contribution in [3.8, 4) is 0 Å². The van der Waals surface area contributed by atoms with Crippen LogP contribution in [0.5, 0.6) is 0 Å². The van der Waals surface area contributed by atoms with Gasteiger partial charge in [-0.3, -0.25) is 19.5 Å². The number of nitrogens with zero attached hydrogens (tertiary/aromatic N) is 2. The number of rotatable bonds is 4. The predicted octanol–water partition coefficient (Wildman–Crippen LogP) is 0.628. The van der Waals surface area contributed by atoms with E-state index in [1.165, 1.54) is 4.90 Å². The van der Waals surface area contributed by atoms with E-state index in [0.29, 0.717) is 50.5 Å². The summed E-state index contributed by atoms with van der Waals surface area (Å²) in [6.07, 6.45) is 5.59. The zero-order valence-electron chi connectivity index (χ0n) is 13.4. The molecule has 0 radical (unpaired) electrons. The lowest BCUT2D eigenvalue weighted by Crippen LogP contribution is -2.50. The van der Waals surface area contributed by atoms with E-state index in [4.69, 9.17) is 4.74 Å². The van der Waals surface area contributed by atoms with Gasteiger partial charge in [-0.15, -0.1) is 24.0 Å². The summed E-state index contributed by atoms with van der Waals surface area (Å²) in [5.41, 5.74) is 0. The number of carbonyl (C=O) groups excluding carboxylic acids is 2. The third-order valence-corrected chi connectivity index (χ3v) is 4.66. The molecule has 3 fully saturated rings. The lowest BCUT2D eigenvalue weighted by atomic mass is 9.96. The Morgan fingerprint density at radius 1 is 1.30 bits per heavy atom. The SMILES string of the molecule is CN=C(NCCN1C(=O)CCCC1=O)NC1CC2CCC1O2.I. The third-order valence-electron chi connectivity index (χ3n) is 4.66. The van der Waals surface area contributed by atoms with Crippen LogP contribution in [0, 0.1) is 0 Å². The minimum atomic E-state index is -0.0671. The minimum Gasteiger partial charge on any atom is -0.373 e. The summed E-state index contributed by atoms with van der Waals surface area (Å²) in [4.78, 5) is 29.0. The normalized spacial score (nSPS) is 30.4. The van der Waals surface area contributed by atoms with Gasteiger partial charge in [0.2, 0.25) is 11.8 Å². The molecule has 3 aliphatic heterocycles. The molecule has 8 heteroatoms. The van der Waals surface area contributed by atoms with E-state index in [-0.39, 0.29) is 41.9 Å². The van der Waals surface area contributed by atoms with E-state index < -0.39 is 0 Å². The van der Waals surface area contributed by atoms with Crippen LogP contribution in [-0.4, -0.2) is 61.1 Å². The second-order valence-electron chi connectivity index (χ2n) is 6.15. The largest absolute Gasteiger partial charge is 0.373 e. The van der Waals surface area contributed by atoms with Crippen molar-refractivity contribution in [1.82, 2.24) is 15.5 Å². The van der Waals surface area contributed by atoms with Crippen molar-refractivity contribution in [1.29, 1.82) is 0 Å². The summed E-state index contributed by atoms with van der Waals surface area (Å²) < 4.78 is 5.82. The molecule has 0 aromatic rings.